The van der Waals surface area contributed by atoms with E-state index in [1.807, 2.05) is 18.2 Å². The average Bonchev–Trinajstić information content (AvgIpc) is 2.18. The Bertz CT molecular complexity index is 291. The number of ether oxygens (including phenoxy) is 2. The number of para-hydroxylation sites is 1. The highest BCUT2D eigenvalue weighted by Gasteiger charge is 2.06. The Labute approximate surface area is 92.3 Å². The molecule has 0 saturated heterocycles. The van der Waals surface area contributed by atoms with Crippen LogP contribution in [0.4, 0.5) is 0 Å². The van der Waals surface area contributed by atoms with Gasteiger partial charge in [-0.2, -0.15) is 0 Å². The molecule has 3 nitrogen and oxygen atoms in total. The van der Waals surface area contributed by atoms with Crippen LogP contribution in [-0.4, -0.2) is 20.4 Å². The number of hydrogen-bond acceptors (Lipinski definition) is 3. The second-order valence-electron chi connectivity index (χ2n) is 2.82. The first-order chi connectivity index (χ1) is 6.79. The van der Waals surface area contributed by atoms with Gasteiger partial charge in [-0.1, -0.05) is 12.1 Å². The van der Waals surface area contributed by atoms with Gasteiger partial charge >= 0.3 is 0 Å². The molecular weight excluding hydrogens is 246 g/mol. The Kier molecular flexibility index (Phi) is 4.93. The van der Waals surface area contributed by atoms with Gasteiger partial charge in [-0.05, 0) is 40.5 Å². The zero-order valence-electron chi connectivity index (χ0n) is 8.13. The number of methoxy groups -OCH3 is 1. The van der Waals surface area contributed by atoms with Gasteiger partial charge in [-0.15, -0.1) is 0 Å². The highest BCUT2D eigenvalue weighted by molar-refractivity contribution is 9.10. The van der Waals surface area contributed by atoms with Crippen molar-refractivity contribution >= 4 is 15.9 Å². The van der Waals surface area contributed by atoms with Crippen LogP contribution < -0.4 is 10.5 Å². The number of nitrogens with two attached hydrogens (primary N) is 1. The molecule has 0 atom stereocenters. The maximum Gasteiger partial charge on any atom is 0.188 e. The summed E-state index contributed by atoms with van der Waals surface area (Å²) in [6, 6.07) is 5.91. The molecule has 14 heavy (non-hydrogen) atoms. The fourth-order valence-corrected chi connectivity index (χ4v) is 1.71. The van der Waals surface area contributed by atoms with E-state index >= 15 is 0 Å². The zero-order valence-corrected chi connectivity index (χ0v) is 9.71. The normalized spacial score (nSPS) is 10.2. The van der Waals surface area contributed by atoms with Crippen molar-refractivity contribution in [1.82, 2.24) is 0 Å². The molecule has 1 aromatic rings. The van der Waals surface area contributed by atoms with Gasteiger partial charge < -0.3 is 15.2 Å². The molecular formula is C10H14BrNO2. The highest BCUT2D eigenvalue weighted by atomic mass is 79.9. The lowest BCUT2D eigenvalue weighted by molar-refractivity contribution is 0.0499. The molecule has 78 valence electrons. The molecule has 0 saturated carbocycles. The van der Waals surface area contributed by atoms with E-state index in [9.17, 15) is 0 Å². The molecule has 0 bridgehead atoms. The first kappa shape index (κ1) is 11.5. The number of rotatable bonds is 5. The topological polar surface area (TPSA) is 44.5 Å². The van der Waals surface area contributed by atoms with Gasteiger partial charge in [0.15, 0.2) is 6.79 Å². The molecule has 0 spiro atoms. The molecule has 1 aromatic carbocycles. The Morgan fingerprint density at radius 2 is 2.21 bits per heavy atom. The Balaban J connectivity index is 2.84. The summed E-state index contributed by atoms with van der Waals surface area (Å²) in [5, 5.41) is 0. The van der Waals surface area contributed by atoms with Crippen molar-refractivity contribution in [1.29, 1.82) is 0 Å². The number of benzene rings is 1. The van der Waals surface area contributed by atoms with E-state index in [1.54, 1.807) is 7.11 Å². The summed E-state index contributed by atoms with van der Waals surface area (Å²) in [6.45, 7) is 0.861. The van der Waals surface area contributed by atoms with E-state index in [2.05, 4.69) is 15.9 Å². The van der Waals surface area contributed by atoms with Gasteiger partial charge in [-0.25, -0.2) is 0 Å². The molecule has 0 aliphatic heterocycles. The summed E-state index contributed by atoms with van der Waals surface area (Å²) in [5.41, 5.74) is 6.60. The van der Waals surface area contributed by atoms with Gasteiger partial charge in [0.1, 0.15) is 5.75 Å². The third-order valence-corrected chi connectivity index (χ3v) is 2.41. The summed E-state index contributed by atoms with van der Waals surface area (Å²) < 4.78 is 11.2. The van der Waals surface area contributed by atoms with Crippen LogP contribution in [0.5, 0.6) is 5.75 Å². The molecule has 1 rings (SSSR count). The Morgan fingerprint density at radius 3 is 2.86 bits per heavy atom. The molecule has 0 aliphatic rings. The van der Waals surface area contributed by atoms with E-state index in [1.165, 1.54) is 0 Å². The van der Waals surface area contributed by atoms with Crippen LogP contribution in [0.15, 0.2) is 22.7 Å². The van der Waals surface area contributed by atoms with Crippen LogP contribution in [0.25, 0.3) is 0 Å². The van der Waals surface area contributed by atoms with E-state index in [0.29, 0.717) is 6.54 Å². The Hall–Kier alpha value is -0.580. The Morgan fingerprint density at radius 1 is 1.43 bits per heavy atom. The average molecular weight is 260 g/mol. The molecule has 4 heteroatoms. The zero-order chi connectivity index (χ0) is 10.4. The van der Waals surface area contributed by atoms with Gasteiger partial charge in [-0.3, -0.25) is 0 Å². The third kappa shape index (κ3) is 2.97. The molecule has 0 aliphatic carbocycles. The quantitative estimate of drug-likeness (QED) is 0.823. The van der Waals surface area contributed by atoms with Crippen molar-refractivity contribution in [3.05, 3.63) is 28.2 Å². The summed E-state index contributed by atoms with van der Waals surface area (Å²) in [7, 11) is 1.60. The molecule has 0 fully saturated rings. The SMILES string of the molecule is COCOc1c(Br)cccc1CCN. The minimum Gasteiger partial charge on any atom is -0.466 e. The van der Waals surface area contributed by atoms with Crippen LogP contribution in [0.3, 0.4) is 0 Å². The van der Waals surface area contributed by atoms with Crippen LogP contribution in [0, 0.1) is 0 Å². The second-order valence-corrected chi connectivity index (χ2v) is 3.67. The van der Waals surface area contributed by atoms with Gasteiger partial charge in [0.05, 0.1) is 4.47 Å². The van der Waals surface area contributed by atoms with Crippen LogP contribution in [-0.2, 0) is 11.2 Å². The predicted octanol–water partition coefficient (Wildman–Crippen LogP) is 1.93. The minimum absolute atomic E-state index is 0.250. The maximum absolute atomic E-state index is 5.51. The van der Waals surface area contributed by atoms with Crippen LogP contribution in [0.2, 0.25) is 0 Å². The van der Waals surface area contributed by atoms with Crippen molar-refractivity contribution < 1.29 is 9.47 Å². The summed E-state index contributed by atoms with van der Waals surface area (Å²) >= 11 is 3.43. The van der Waals surface area contributed by atoms with Crippen LogP contribution >= 0.6 is 15.9 Å². The monoisotopic (exact) mass is 259 g/mol. The minimum atomic E-state index is 0.250. The summed E-state index contributed by atoms with van der Waals surface area (Å²) in [5.74, 6) is 0.819. The van der Waals surface area contributed by atoms with E-state index in [-0.39, 0.29) is 6.79 Å². The fourth-order valence-electron chi connectivity index (χ4n) is 1.19. The van der Waals surface area contributed by atoms with Crippen LogP contribution in [0.1, 0.15) is 5.56 Å². The molecule has 2 N–H and O–H groups in total. The van der Waals surface area contributed by atoms with Gasteiger partial charge in [0.25, 0.3) is 0 Å². The van der Waals surface area contributed by atoms with Gasteiger partial charge in [0.2, 0.25) is 0 Å². The largest absolute Gasteiger partial charge is 0.466 e. The van der Waals surface area contributed by atoms with Crippen molar-refractivity contribution in [3.63, 3.8) is 0 Å². The smallest absolute Gasteiger partial charge is 0.188 e. The van der Waals surface area contributed by atoms with Crippen molar-refractivity contribution in [3.8, 4) is 5.75 Å². The first-order valence-electron chi connectivity index (χ1n) is 4.38. The van der Waals surface area contributed by atoms with Crippen molar-refractivity contribution in [2.45, 2.75) is 6.42 Å². The highest BCUT2D eigenvalue weighted by Crippen LogP contribution is 2.29. The molecule has 0 amide bonds. The van der Waals surface area contributed by atoms with Gasteiger partial charge in [0, 0.05) is 7.11 Å². The fraction of sp³-hybridized carbons (Fsp3) is 0.400. The molecule has 0 heterocycles. The molecule has 0 unspecified atom stereocenters. The lowest BCUT2D eigenvalue weighted by atomic mass is 10.1. The number of hydrogen-bond donors (Lipinski definition) is 1. The first-order valence-corrected chi connectivity index (χ1v) is 5.18. The second kappa shape index (κ2) is 6.01. The lowest BCUT2D eigenvalue weighted by Gasteiger charge is -2.11. The summed E-state index contributed by atoms with van der Waals surface area (Å²) in [6.07, 6.45) is 0.804. The lowest BCUT2D eigenvalue weighted by Crippen LogP contribution is -2.07. The predicted molar refractivity (Wildman–Crippen MR) is 59.4 cm³/mol. The summed E-state index contributed by atoms with van der Waals surface area (Å²) in [4.78, 5) is 0. The van der Waals surface area contributed by atoms with E-state index in [0.717, 1.165) is 22.2 Å². The van der Waals surface area contributed by atoms with Crippen molar-refractivity contribution in [2.75, 3.05) is 20.4 Å². The van der Waals surface area contributed by atoms with E-state index < -0.39 is 0 Å². The third-order valence-electron chi connectivity index (χ3n) is 1.78. The molecule has 0 aromatic heterocycles. The van der Waals surface area contributed by atoms with E-state index in [4.69, 9.17) is 15.2 Å². The standard InChI is InChI=1S/C10H14BrNO2/c1-13-7-14-10-8(5-6-12)3-2-4-9(10)11/h2-4H,5-7,12H2,1H3. The number of halogens is 1. The van der Waals surface area contributed by atoms with Crippen molar-refractivity contribution in [2.24, 2.45) is 5.73 Å². The maximum atomic E-state index is 5.51. The molecule has 0 radical (unpaired) electrons.